The molecule has 24 heavy (non-hydrogen) atoms. The molecule has 0 radical (unpaired) electrons. The molecule has 126 valence electrons. The number of amides is 2. The van der Waals surface area contributed by atoms with Crippen molar-refractivity contribution < 1.29 is 18.7 Å². The lowest BCUT2D eigenvalue weighted by molar-refractivity contribution is -0.126. The van der Waals surface area contributed by atoms with Crippen LogP contribution in [0.2, 0.25) is 0 Å². The number of nitrogens with one attached hydrogen (secondary N) is 2. The molecule has 0 saturated carbocycles. The van der Waals surface area contributed by atoms with Crippen molar-refractivity contribution in [3.05, 3.63) is 54.0 Å². The lowest BCUT2D eigenvalue weighted by atomic mass is 10.2. The minimum absolute atomic E-state index is 0.0588. The van der Waals surface area contributed by atoms with Crippen LogP contribution in [-0.4, -0.2) is 23.3 Å². The molecule has 0 atom stereocenters. The van der Waals surface area contributed by atoms with Crippen LogP contribution in [0, 0.1) is 5.82 Å². The fourth-order valence-electron chi connectivity index (χ4n) is 1.81. The second-order valence-electron chi connectivity index (χ2n) is 4.97. The van der Waals surface area contributed by atoms with E-state index in [0.717, 1.165) is 5.56 Å². The molecule has 0 bridgehead atoms. The molecule has 7 heteroatoms. The number of carbonyl (C=O) groups excluding carboxylic acids is 2. The molecular weight excluding hydrogens is 313 g/mol. The van der Waals surface area contributed by atoms with E-state index in [1.165, 1.54) is 24.3 Å². The third-order valence-electron chi connectivity index (χ3n) is 3.09. The predicted octanol–water partition coefficient (Wildman–Crippen LogP) is 2.16. The molecule has 0 aliphatic carbocycles. The van der Waals surface area contributed by atoms with Gasteiger partial charge in [0.05, 0.1) is 6.54 Å². The Kier molecular flexibility index (Phi) is 6.24. The molecular formula is C17H18FN3O3. The van der Waals surface area contributed by atoms with Gasteiger partial charge in [0.2, 0.25) is 17.7 Å². The summed E-state index contributed by atoms with van der Waals surface area (Å²) in [6, 6.07) is 9.01. The van der Waals surface area contributed by atoms with Crippen molar-refractivity contribution in [3.63, 3.8) is 0 Å². The molecule has 0 unspecified atom stereocenters. The van der Waals surface area contributed by atoms with E-state index in [1.54, 1.807) is 25.3 Å². The maximum absolute atomic E-state index is 12.9. The third kappa shape index (κ3) is 5.68. The summed E-state index contributed by atoms with van der Waals surface area (Å²) in [6.07, 6.45) is 1.89. The molecule has 0 fully saturated rings. The molecule has 2 amide bonds. The minimum Gasteiger partial charge on any atom is -0.439 e. The summed E-state index contributed by atoms with van der Waals surface area (Å²) >= 11 is 0. The monoisotopic (exact) mass is 331 g/mol. The van der Waals surface area contributed by atoms with Crippen LogP contribution in [0.4, 0.5) is 4.39 Å². The molecule has 6 nitrogen and oxygen atoms in total. The van der Waals surface area contributed by atoms with E-state index in [-0.39, 0.29) is 30.7 Å². The van der Waals surface area contributed by atoms with Crippen molar-refractivity contribution in [2.45, 2.75) is 19.9 Å². The van der Waals surface area contributed by atoms with Crippen molar-refractivity contribution in [1.29, 1.82) is 0 Å². The highest BCUT2D eigenvalue weighted by Gasteiger charge is 2.05. The summed E-state index contributed by atoms with van der Waals surface area (Å²) in [5.41, 5.74) is 0.789. The largest absolute Gasteiger partial charge is 0.439 e. The maximum atomic E-state index is 12.9. The van der Waals surface area contributed by atoms with Crippen LogP contribution in [-0.2, 0) is 16.1 Å². The third-order valence-corrected chi connectivity index (χ3v) is 3.09. The standard InChI is InChI=1S/C17H18FN3O3/c1-2-15(22)21-11-16(23)20-10-12-7-8-19-17(9-12)24-14-5-3-13(18)4-6-14/h3-9H,2,10-11H2,1H3,(H,20,23)(H,21,22). The first-order chi connectivity index (χ1) is 11.6. The fraction of sp³-hybridized carbons (Fsp3) is 0.235. The van der Waals surface area contributed by atoms with E-state index in [9.17, 15) is 14.0 Å². The van der Waals surface area contributed by atoms with Crippen LogP contribution in [0.25, 0.3) is 0 Å². The number of nitrogens with zero attached hydrogens (tertiary/aromatic N) is 1. The quantitative estimate of drug-likeness (QED) is 0.815. The Morgan fingerprint density at radius 3 is 2.58 bits per heavy atom. The van der Waals surface area contributed by atoms with Gasteiger partial charge in [0, 0.05) is 25.2 Å². The van der Waals surface area contributed by atoms with E-state index in [2.05, 4.69) is 15.6 Å². The van der Waals surface area contributed by atoms with E-state index in [0.29, 0.717) is 18.1 Å². The number of aromatic nitrogens is 1. The second-order valence-corrected chi connectivity index (χ2v) is 4.97. The van der Waals surface area contributed by atoms with E-state index in [4.69, 9.17) is 4.74 Å². The number of benzene rings is 1. The second kappa shape index (κ2) is 8.61. The Labute approximate surface area is 139 Å². The maximum Gasteiger partial charge on any atom is 0.239 e. The minimum atomic E-state index is -0.345. The number of hydrogen-bond acceptors (Lipinski definition) is 4. The van der Waals surface area contributed by atoms with Crippen LogP contribution in [0.5, 0.6) is 11.6 Å². The van der Waals surface area contributed by atoms with Crippen molar-refractivity contribution in [3.8, 4) is 11.6 Å². The van der Waals surface area contributed by atoms with E-state index in [1.807, 2.05) is 0 Å². The van der Waals surface area contributed by atoms with Crippen LogP contribution in [0.15, 0.2) is 42.6 Å². The summed E-state index contributed by atoms with van der Waals surface area (Å²) in [5.74, 6) is 0.000559. The SMILES string of the molecule is CCC(=O)NCC(=O)NCc1ccnc(Oc2ccc(F)cc2)c1. The van der Waals surface area contributed by atoms with E-state index >= 15 is 0 Å². The first kappa shape index (κ1) is 17.4. The van der Waals surface area contributed by atoms with Crippen LogP contribution >= 0.6 is 0 Å². The van der Waals surface area contributed by atoms with Gasteiger partial charge in [0.25, 0.3) is 0 Å². The normalized spacial score (nSPS) is 10.1. The first-order valence-electron chi connectivity index (χ1n) is 7.48. The Hall–Kier alpha value is -2.96. The average Bonchev–Trinajstić information content (AvgIpc) is 2.60. The molecule has 0 saturated heterocycles. The topological polar surface area (TPSA) is 80.3 Å². The summed E-state index contributed by atoms with van der Waals surface area (Å²) < 4.78 is 18.4. The highest BCUT2D eigenvalue weighted by molar-refractivity contribution is 5.84. The molecule has 1 heterocycles. The van der Waals surface area contributed by atoms with Gasteiger partial charge in [-0.1, -0.05) is 6.92 Å². The van der Waals surface area contributed by atoms with Gasteiger partial charge in [-0.15, -0.1) is 0 Å². The van der Waals surface area contributed by atoms with Crippen LogP contribution in [0.3, 0.4) is 0 Å². The zero-order valence-electron chi connectivity index (χ0n) is 13.2. The summed E-state index contributed by atoms with van der Waals surface area (Å²) in [5, 5.41) is 5.19. The van der Waals surface area contributed by atoms with Crippen molar-refractivity contribution in [2.75, 3.05) is 6.54 Å². The summed E-state index contributed by atoms with van der Waals surface area (Å²) in [4.78, 5) is 26.8. The number of ether oxygens (including phenoxy) is 1. The number of rotatable bonds is 7. The molecule has 2 rings (SSSR count). The highest BCUT2D eigenvalue weighted by atomic mass is 19.1. The molecule has 0 aliphatic heterocycles. The Morgan fingerprint density at radius 2 is 1.88 bits per heavy atom. The fourth-order valence-corrected chi connectivity index (χ4v) is 1.81. The van der Waals surface area contributed by atoms with Gasteiger partial charge >= 0.3 is 0 Å². The predicted molar refractivity (Wildman–Crippen MR) is 85.9 cm³/mol. The zero-order chi connectivity index (χ0) is 17.4. The average molecular weight is 331 g/mol. The smallest absolute Gasteiger partial charge is 0.239 e. The molecule has 0 aliphatic rings. The lowest BCUT2D eigenvalue weighted by Crippen LogP contribution is -2.36. The van der Waals surface area contributed by atoms with E-state index < -0.39 is 0 Å². The molecule has 1 aromatic heterocycles. The van der Waals surface area contributed by atoms with Gasteiger partial charge in [-0.25, -0.2) is 9.37 Å². The molecule has 2 aromatic rings. The summed E-state index contributed by atoms with van der Waals surface area (Å²) in [6.45, 7) is 1.94. The van der Waals surface area contributed by atoms with Gasteiger partial charge < -0.3 is 15.4 Å². The van der Waals surface area contributed by atoms with Crippen molar-refractivity contribution >= 4 is 11.8 Å². The Bertz CT molecular complexity index is 704. The highest BCUT2D eigenvalue weighted by Crippen LogP contribution is 2.20. The van der Waals surface area contributed by atoms with Crippen molar-refractivity contribution in [2.24, 2.45) is 0 Å². The number of halogens is 1. The van der Waals surface area contributed by atoms with Crippen LogP contribution in [0.1, 0.15) is 18.9 Å². The number of pyridine rings is 1. The van der Waals surface area contributed by atoms with Gasteiger partial charge in [-0.05, 0) is 35.9 Å². The molecule has 1 aromatic carbocycles. The first-order valence-corrected chi connectivity index (χ1v) is 7.48. The molecule has 2 N–H and O–H groups in total. The van der Waals surface area contributed by atoms with Gasteiger partial charge in [-0.2, -0.15) is 0 Å². The number of carbonyl (C=O) groups is 2. The van der Waals surface area contributed by atoms with Gasteiger partial charge in [-0.3, -0.25) is 9.59 Å². The zero-order valence-corrected chi connectivity index (χ0v) is 13.2. The van der Waals surface area contributed by atoms with Gasteiger partial charge in [0.15, 0.2) is 0 Å². The Morgan fingerprint density at radius 1 is 1.12 bits per heavy atom. The molecule has 0 spiro atoms. The van der Waals surface area contributed by atoms with Crippen molar-refractivity contribution in [1.82, 2.24) is 15.6 Å². The lowest BCUT2D eigenvalue weighted by Gasteiger charge is -2.08. The number of hydrogen-bond donors (Lipinski definition) is 2. The Balaban J connectivity index is 1.87. The van der Waals surface area contributed by atoms with Gasteiger partial charge in [0.1, 0.15) is 11.6 Å². The van der Waals surface area contributed by atoms with Crippen LogP contribution < -0.4 is 15.4 Å². The summed E-state index contributed by atoms with van der Waals surface area (Å²) in [7, 11) is 0.